The van der Waals surface area contributed by atoms with E-state index in [1.54, 1.807) is 17.2 Å². The minimum absolute atomic E-state index is 0.0555. The topological polar surface area (TPSA) is 107 Å². The van der Waals surface area contributed by atoms with Gasteiger partial charge in [-0.05, 0) is 19.4 Å². The molecule has 0 aliphatic carbocycles. The van der Waals surface area contributed by atoms with Gasteiger partial charge in [0, 0.05) is 32.5 Å². The quantitative estimate of drug-likeness (QED) is 0.732. The van der Waals surface area contributed by atoms with E-state index in [9.17, 15) is 19.5 Å². The standard InChI is InChI=1S/C16H20N4O4S/c1-16(18-12(21)7-11-13(22)17-15(24)25-11)4-6-20(9-16)14(23)10-3-5-19(2)8-10/h3,5,8,22H,4,6-7,9H2,1-2H3,(H,17,24)(H,18,21). The van der Waals surface area contributed by atoms with Gasteiger partial charge in [0.25, 0.3) is 5.91 Å². The lowest BCUT2D eigenvalue weighted by molar-refractivity contribution is -0.122. The number of likely N-dealkylation sites (tertiary alicyclic amines) is 1. The number of nitrogens with zero attached hydrogens (tertiary/aromatic N) is 2. The molecule has 1 fully saturated rings. The van der Waals surface area contributed by atoms with Gasteiger partial charge in [-0.1, -0.05) is 11.3 Å². The van der Waals surface area contributed by atoms with Crippen LogP contribution in [0.25, 0.3) is 0 Å². The van der Waals surface area contributed by atoms with Crippen molar-refractivity contribution in [3.8, 4) is 5.88 Å². The van der Waals surface area contributed by atoms with E-state index >= 15 is 0 Å². The predicted octanol–water partition coefficient (Wildman–Crippen LogP) is 0.444. The first-order valence-electron chi connectivity index (χ1n) is 7.89. The Balaban J connectivity index is 1.61. The van der Waals surface area contributed by atoms with Crippen LogP contribution in [0, 0.1) is 0 Å². The fourth-order valence-electron chi connectivity index (χ4n) is 3.05. The van der Waals surface area contributed by atoms with Crippen LogP contribution in [0.1, 0.15) is 28.6 Å². The molecule has 8 nitrogen and oxygen atoms in total. The van der Waals surface area contributed by atoms with Gasteiger partial charge in [-0.25, -0.2) is 0 Å². The summed E-state index contributed by atoms with van der Waals surface area (Å²) in [6.45, 7) is 2.87. The molecule has 0 saturated carbocycles. The van der Waals surface area contributed by atoms with Crippen LogP contribution in [0.2, 0.25) is 0 Å². The van der Waals surface area contributed by atoms with Crippen molar-refractivity contribution >= 4 is 23.2 Å². The van der Waals surface area contributed by atoms with Gasteiger partial charge in [0.15, 0.2) is 0 Å². The number of hydrogen-bond acceptors (Lipinski definition) is 5. The number of aromatic hydroxyl groups is 1. The average Bonchev–Trinajstić information content (AvgIpc) is 3.19. The van der Waals surface area contributed by atoms with Crippen molar-refractivity contribution in [1.29, 1.82) is 0 Å². The van der Waals surface area contributed by atoms with Crippen molar-refractivity contribution in [2.45, 2.75) is 25.3 Å². The van der Waals surface area contributed by atoms with E-state index < -0.39 is 10.4 Å². The van der Waals surface area contributed by atoms with Gasteiger partial charge in [-0.3, -0.25) is 19.4 Å². The molecule has 3 rings (SSSR count). The fourth-order valence-corrected chi connectivity index (χ4v) is 3.77. The zero-order chi connectivity index (χ0) is 18.2. The number of carbonyl (C=O) groups excluding carboxylic acids is 2. The highest BCUT2D eigenvalue weighted by Gasteiger charge is 2.37. The number of carbonyl (C=O) groups is 2. The van der Waals surface area contributed by atoms with Crippen molar-refractivity contribution in [2.24, 2.45) is 7.05 Å². The summed E-state index contributed by atoms with van der Waals surface area (Å²) < 4.78 is 1.82. The summed E-state index contributed by atoms with van der Waals surface area (Å²) in [6, 6.07) is 1.77. The molecule has 2 aromatic heterocycles. The van der Waals surface area contributed by atoms with E-state index in [1.807, 2.05) is 24.7 Å². The van der Waals surface area contributed by atoms with Gasteiger partial charge in [0.2, 0.25) is 11.8 Å². The number of aromatic amines is 1. The number of hydrogen-bond donors (Lipinski definition) is 3. The summed E-state index contributed by atoms with van der Waals surface area (Å²) in [5.41, 5.74) is 0.0957. The molecular formula is C16H20N4O4S. The van der Waals surface area contributed by atoms with Gasteiger partial charge < -0.3 is 19.9 Å². The van der Waals surface area contributed by atoms with Crippen molar-refractivity contribution in [1.82, 2.24) is 19.8 Å². The van der Waals surface area contributed by atoms with Gasteiger partial charge in [-0.2, -0.15) is 0 Å². The van der Waals surface area contributed by atoms with Gasteiger partial charge >= 0.3 is 4.87 Å². The van der Waals surface area contributed by atoms with Gasteiger partial charge in [0.05, 0.1) is 22.4 Å². The Hall–Kier alpha value is -2.55. The second kappa shape index (κ2) is 6.40. The third-order valence-corrected chi connectivity index (χ3v) is 5.17. The van der Waals surface area contributed by atoms with Gasteiger partial charge in [0.1, 0.15) is 0 Å². The molecule has 25 heavy (non-hydrogen) atoms. The number of rotatable bonds is 4. The van der Waals surface area contributed by atoms with E-state index in [2.05, 4.69) is 10.3 Å². The molecule has 1 atom stereocenters. The Kier molecular flexibility index (Phi) is 4.42. The number of aromatic nitrogens is 2. The zero-order valence-corrected chi connectivity index (χ0v) is 14.9. The molecule has 3 heterocycles. The maximum absolute atomic E-state index is 12.5. The lowest BCUT2D eigenvalue weighted by Crippen LogP contribution is -2.49. The SMILES string of the molecule is Cn1ccc(C(=O)N2CCC(C)(NC(=O)Cc3sc(=O)[nH]c3O)C2)c1. The molecule has 0 aromatic carbocycles. The lowest BCUT2D eigenvalue weighted by Gasteiger charge is -2.26. The van der Waals surface area contributed by atoms with Crippen LogP contribution in [-0.2, 0) is 18.3 Å². The van der Waals surface area contributed by atoms with Crippen LogP contribution < -0.4 is 10.2 Å². The maximum atomic E-state index is 12.5. The van der Waals surface area contributed by atoms with E-state index in [0.717, 1.165) is 11.3 Å². The number of thiazole rings is 1. The van der Waals surface area contributed by atoms with Crippen molar-refractivity contribution in [3.63, 3.8) is 0 Å². The van der Waals surface area contributed by atoms with E-state index in [0.29, 0.717) is 30.0 Å². The summed E-state index contributed by atoms with van der Waals surface area (Å²) in [6.07, 6.45) is 4.16. The Labute approximate surface area is 148 Å². The second-order valence-electron chi connectivity index (χ2n) is 6.61. The van der Waals surface area contributed by atoms with Crippen LogP contribution in [-0.4, -0.2) is 50.0 Å². The summed E-state index contributed by atoms with van der Waals surface area (Å²) in [4.78, 5) is 39.8. The molecule has 1 unspecified atom stereocenters. The summed E-state index contributed by atoms with van der Waals surface area (Å²) in [7, 11) is 1.86. The summed E-state index contributed by atoms with van der Waals surface area (Å²) in [5, 5.41) is 12.5. The third kappa shape index (κ3) is 3.76. The highest BCUT2D eigenvalue weighted by atomic mass is 32.1. The molecule has 2 aromatic rings. The number of H-pyrrole nitrogens is 1. The van der Waals surface area contributed by atoms with Crippen molar-refractivity contribution in [3.05, 3.63) is 38.6 Å². The van der Waals surface area contributed by atoms with E-state index in [4.69, 9.17) is 0 Å². The molecular weight excluding hydrogens is 344 g/mol. The number of amides is 2. The minimum atomic E-state index is -0.529. The molecule has 1 saturated heterocycles. The lowest BCUT2D eigenvalue weighted by atomic mass is 10.0. The zero-order valence-electron chi connectivity index (χ0n) is 14.0. The normalized spacial score (nSPS) is 20.0. The molecule has 0 bridgehead atoms. The molecule has 1 aliphatic heterocycles. The molecule has 134 valence electrons. The molecule has 3 N–H and O–H groups in total. The Morgan fingerprint density at radius 2 is 2.24 bits per heavy atom. The molecule has 9 heteroatoms. The van der Waals surface area contributed by atoms with Crippen molar-refractivity contribution < 1.29 is 14.7 Å². The van der Waals surface area contributed by atoms with Crippen LogP contribution >= 0.6 is 11.3 Å². The maximum Gasteiger partial charge on any atom is 0.307 e. The van der Waals surface area contributed by atoms with Crippen LogP contribution in [0.5, 0.6) is 5.88 Å². The molecule has 2 amide bonds. The van der Waals surface area contributed by atoms with Crippen LogP contribution in [0.3, 0.4) is 0 Å². The first kappa shape index (κ1) is 17.3. The monoisotopic (exact) mass is 364 g/mol. The predicted molar refractivity (Wildman–Crippen MR) is 92.8 cm³/mol. The Morgan fingerprint density at radius 3 is 2.84 bits per heavy atom. The summed E-state index contributed by atoms with van der Waals surface area (Å²) in [5.74, 6) is -0.607. The molecule has 1 aliphatic rings. The van der Waals surface area contributed by atoms with Gasteiger partial charge in [-0.15, -0.1) is 0 Å². The molecule has 0 radical (unpaired) electrons. The Bertz CT molecular complexity index is 868. The number of nitrogens with one attached hydrogen (secondary N) is 2. The van der Waals surface area contributed by atoms with E-state index in [1.165, 1.54) is 0 Å². The van der Waals surface area contributed by atoms with E-state index in [-0.39, 0.29) is 24.1 Å². The number of aryl methyl sites for hydroxylation is 1. The fraction of sp³-hybridized carbons (Fsp3) is 0.438. The molecule has 0 spiro atoms. The highest BCUT2D eigenvalue weighted by Crippen LogP contribution is 2.23. The Morgan fingerprint density at radius 1 is 1.48 bits per heavy atom. The van der Waals surface area contributed by atoms with Crippen LogP contribution in [0.15, 0.2) is 23.3 Å². The third-order valence-electron chi connectivity index (χ3n) is 4.30. The first-order chi connectivity index (χ1) is 11.8. The van der Waals surface area contributed by atoms with Crippen molar-refractivity contribution in [2.75, 3.05) is 13.1 Å². The highest BCUT2D eigenvalue weighted by molar-refractivity contribution is 7.09. The second-order valence-corrected chi connectivity index (χ2v) is 7.68. The average molecular weight is 364 g/mol. The smallest absolute Gasteiger partial charge is 0.307 e. The van der Waals surface area contributed by atoms with Crippen LogP contribution in [0.4, 0.5) is 0 Å². The largest absolute Gasteiger partial charge is 0.494 e. The minimum Gasteiger partial charge on any atom is -0.494 e. The summed E-state index contributed by atoms with van der Waals surface area (Å²) >= 11 is 0.816. The first-order valence-corrected chi connectivity index (χ1v) is 8.71.